The van der Waals surface area contributed by atoms with Gasteiger partial charge in [-0.15, -0.1) is 0 Å². The number of hydrogen-bond acceptors (Lipinski definition) is 7. The van der Waals surface area contributed by atoms with Gasteiger partial charge in [-0.2, -0.15) is 0 Å². The Morgan fingerprint density at radius 2 is 1.37 bits per heavy atom. The fourth-order valence-corrected chi connectivity index (χ4v) is 2.97. The number of carbonyl (C=O) groups excluding carboxylic acids is 4. The third-order valence-corrected chi connectivity index (χ3v) is 4.31. The van der Waals surface area contributed by atoms with Crippen LogP contribution in [0.25, 0.3) is 0 Å². The molecule has 10 heteroatoms. The Hall–Kier alpha value is -2.04. The van der Waals surface area contributed by atoms with Crippen molar-refractivity contribution in [3.8, 4) is 0 Å². The Morgan fingerprint density at radius 1 is 0.867 bits per heavy atom. The Balaban J connectivity index is 5.04. The number of aldehydes is 1. The van der Waals surface area contributed by atoms with Crippen LogP contribution in [0.15, 0.2) is 0 Å². The molecular formula is C20H40N6O4. The SMILES string of the molecule is CC(=O)N[C@@H](CC(C)C)C(=O)N[C@@H](CC(C)C)C(=O)N[C@H](C=O)CCCNC(N)N. The lowest BCUT2D eigenvalue weighted by atomic mass is 9.99. The van der Waals surface area contributed by atoms with Crippen molar-refractivity contribution in [1.82, 2.24) is 21.3 Å². The van der Waals surface area contributed by atoms with E-state index in [1.54, 1.807) is 0 Å². The molecule has 0 aromatic carbocycles. The number of amides is 3. The van der Waals surface area contributed by atoms with Crippen molar-refractivity contribution in [1.29, 1.82) is 0 Å². The number of hydrogen-bond donors (Lipinski definition) is 6. The second kappa shape index (κ2) is 14.9. The molecule has 30 heavy (non-hydrogen) atoms. The van der Waals surface area contributed by atoms with Gasteiger partial charge in [0.1, 0.15) is 24.7 Å². The molecule has 8 N–H and O–H groups in total. The topological polar surface area (TPSA) is 168 Å². The predicted molar refractivity (Wildman–Crippen MR) is 116 cm³/mol. The molecular weight excluding hydrogens is 388 g/mol. The average Bonchev–Trinajstić information content (AvgIpc) is 2.61. The van der Waals surface area contributed by atoms with E-state index < -0.39 is 36.2 Å². The molecule has 0 aromatic rings. The third kappa shape index (κ3) is 13.2. The van der Waals surface area contributed by atoms with Crippen molar-refractivity contribution in [3.05, 3.63) is 0 Å². The Bertz CT molecular complexity index is 553. The molecule has 0 bridgehead atoms. The summed E-state index contributed by atoms with van der Waals surface area (Å²) in [4.78, 5) is 48.3. The highest BCUT2D eigenvalue weighted by Crippen LogP contribution is 2.09. The molecule has 0 spiro atoms. The molecule has 3 amide bonds. The minimum absolute atomic E-state index is 0.135. The molecule has 0 aliphatic rings. The first-order valence-corrected chi connectivity index (χ1v) is 10.5. The van der Waals surface area contributed by atoms with Gasteiger partial charge < -0.3 is 32.2 Å². The van der Waals surface area contributed by atoms with Crippen LogP contribution >= 0.6 is 0 Å². The highest BCUT2D eigenvalue weighted by atomic mass is 16.2. The summed E-state index contributed by atoms with van der Waals surface area (Å²) in [6, 6.07) is -2.21. The van der Waals surface area contributed by atoms with Gasteiger partial charge in [0.25, 0.3) is 0 Å². The number of carbonyl (C=O) groups is 4. The highest BCUT2D eigenvalue weighted by Gasteiger charge is 2.28. The summed E-state index contributed by atoms with van der Waals surface area (Å²) in [7, 11) is 0. The zero-order valence-corrected chi connectivity index (χ0v) is 18.9. The summed E-state index contributed by atoms with van der Waals surface area (Å²) in [5.74, 6) is -0.838. The average molecular weight is 429 g/mol. The molecule has 0 radical (unpaired) electrons. The lowest BCUT2D eigenvalue weighted by Crippen LogP contribution is -2.55. The van der Waals surface area contributed by atoms with Crippen molar-refractivity contribution < 1.29 is 19.2 Å². The molecule has 3 atom stereocenters. The van der Waals surface area contributed by atoms with Crippen LogP contribution in [-0.4, -0.2) is 55.0 Å². The number of rotatable bonds is 15. The van der Waals surface area contributed by atoms with Crippen LogP contribution in [0.2, 0.25) is 0 Å². The van der Waals surface area contributed by atoms with Gasteiger partial charge in [-0.1, -0.05) is 27.7 Å². The van der Waals surface area contributed by atoms with Crippen LogP contribution in [0.3, 0.4) is 0 Å². The van der Waals surface area contributed by atoms with Gasteiger partial charge >= 0.3 is 0 Å². The molecule has 0 aliphatic carbocycles. The van der Waals surface area contributed by atoms with E-state index >= 15 is 0 Å². The lowest BCUT2D eigenvalue weighted by molar-refractivity contribution is -0.133. The molecule has 0 unspecified atom stereocenters. The second-order valence-electron chi connectivity index (χ2n) is 8.45. The van der Waals surface area contributed by atoms with Gasteiger partial charge in [-0.25, -0.2) is 0 Å². The van der Waals surface area contributed by atoms with Gasteiger partial charge in [0, 0.05) is 6.92 Å². The van der Waals surface area contributed by atoms with E-state index in [4.69, 9.17) is 11.5 Å². The number of nitrogens with one attached hydrogen (secondary N) is 4. The first-order chi connectivity index (χ1) is 14.0. The summed E-state index contributed by atoms with van der Waals surface area (Å²) < 4.78 is 0. The molecule has 10 nitrogen and oxygen atoms in total. The van der Waals surface area contributed by atoms with Crippen molar-refractivity contribution in [2.45, 2.75) is 84.7 Å². The van der Waals surface area contributed by atoms with Gasteiger partial charge in [0.2, 0.25) is 17.7 Å². The molecule has 0 fully saturated rings. The molecule has 0 saturated heterocycles. The smallest absolute Gasteiger partial charge is 0.243 e. The van der Waals surface area contributed by atoms with E-state index in [0.29, 0.717) is 38.5 Å². The zero-order valence-electron chi connectivity index (χ0n) is 18.9. The van der Waals surface area contributed by atoms with Crippen molar-refractivity contribution in [2.75, 3.05) is 6.54 Å². The van der Waals surface area contributed by atoms with Crippen LogP contribution < -0.4 is 32.7 Å². The maximum atomic E-state index is 12.8. The Morgan fingerprint density at radius 3 is 1.80 bits per heavy atom. The summed E-state index contributed by atoms with van der Waals surface area (Å²) in [6.45, 7) is 9.62. The van der Waals surface area contributed by atoms with Gasteiger partial charge in [-0.3, -0.25) is 19.7 Å². The summed E-state index contributed by atoms with van der Waals surface area (Å²) in [6.07, 6.45) is 1.90. The Labute approximate surface area is 179 Å². The van der Waals surface area contributed by atoms with Crippen LogP contribution in [-0.2, 0) is 19.2 Å². The van der Waals surface area contributed by atoms with E-state index in [1.165, 1.54) is 6.92 Å². The minimum Gasteiger partial charge on any atom is -0.345 e. The van der Waals surface area contributed by atoms with Crippen LogP contribution in [0, 0.1) is 11.8 Å². The molecule has 0 heterocycles. The first-order valence-electron chi connectivity index (χ1n) is 10.5. The first kappa shape index (κ1) is 28.0. The number of nitrogens with two attached hydrogens (primary N) is 2. The van der Waals surface area contributed by atoms with E-state index in [1.807, 2.05) is 27.7 Å². The van der Waals surface area contributed by atoms with Gasteiger partial charge in [-0.05, 0) is 44.1 Å². The van der Waals surface area contributed by atoms with E-state index in [9.17, 15) is 19.2 Å². The summed E-state index contributed by atoms with van der Waals surface area (Å²) in [5.41, 5.74) is 10.8. The largest absolute Gasteiger partial charge is 0.345 e. The van der Waals surface area contributed by atoms with Gasteiger partial charge in [0.05, 0.1) is 6.04 Å². The van der Waals surface area contributed by atoms with Crippen LogP contribution in [0.5, 0.6) is 0 Å². The van der Waals surface area contributed by atoms with E-state index in [0.717, 1.165) is 0 Å². The van der Waals surface area contributed by atoms with Crippen molar-refractivity contribution >= 4 is 24.0 Å². The fourth-order valence-electron chi connectivity index (χ4n) is 2.97. The molecule has 174 valence electrons. The normalized spacial score (nSPS) is 14.3. The minimum atomic E-state index is -0.807. The highest BCUT2D eigenvalue weighted by molar-refractivity contribution is 5.92. The van der Waals surface area contributed by atoms with E-state index in [-0.39, 0.29) is 17.7 Å². The molecule has 0 saturated carbocycles. The second-order valence-corrected chi connectivity index (χ2v) is 8.45. The maximum absolute atomic E-state index is 12.8. The van der Waals surface area contributed by atoms with Crippen molar-refractivity contribution in [3.63, 3.8) is 0 Å². The zero-order chi connectivity index (χ0) is 23.3. The predicted octanol–water partition coefficient (Wildman–Crippen LogP) is -0.677. The van der Waals surface area contributed by atoms with Crippen LogP contribution in [0.4, 0.5) is 0 Å². The van der Waals surface area contributed by atoms with Crippen molar-refractivity contribution in [2.24, 2.45) is 23.3 Å². The standard InChI is InChI=1S/C20H40N6O4/c1-12(2)9-16(24-14(5)28)19(30)26-17(10-13(3)4)18(29)25-15(11-27)7-6-8-23-20(21)22/h11-13,15-17,20,23H,6-10,21-22H2,1-5H3,(H,24,28)(H,25,29)(H,26,30)/t15-,16-,17-/m0/s1. The fraction of sp³-hybridized carbons (Fsp3) is 0.800. The monoisotopic (exact) mass is 428 g/mol. The molecule has 0 aliphatic heterocycles. The van der Waals surface area contributed by atoms with E-state index in [2.05, 4.69) is 21.3 Å². The van der Waals surface area contributed by atoms with Crippen LogP contribution in [0.1, 0.15) is 60.3 Å². The maximum Gasteiger partial charge on any atom is 0.243 e. The third-order valence-electron chi connectivity index (χ3n) is 4.31. The Kier molecular flexibility index (Phi) is 13.9. The summed E-state index contributed by atoms with van der Waals surface area (Å²) >= 11 is 0. The molecule has 0 aromatic heterocycles. The quantitative estimate of drug-likeness (QED) is 0.114. The van der Waals surface area contributed by atoms with Gasteiger partial charge in [0.15, 0.2) is 0 Å². The lowest BCUT2D eigenvalue weighted by Gasteiger charge is -2.25. The summed E-state index contributed by atoms with van der Waals surface area (Å²) in [5, 5.41) is 10.9. The molecule has 0 rings (SSSR count).